The summed E-state index contributed by atoms with van der Waals surface area (Å²) in [5, 5.41) is 0. The second-order valence-corrected chi connectivity index (χ2v) is 31.2. The quantitative estimate of drug-likeness (QED) is 0.0108. The smallest absolute Gasteiger partial charge is 0.296 e. The minimum Gasteiger partial charge on any atom is -0.492 e. The Hall–Kier alpha value is -5.76. The van der Waals surface area contributed by atoms with Crippen molar-refractivity contribution in [2.75, 3.05) is 65.4 Å². The van der Waals surface area contributed by atoms with Gasteiger partial charge < -0.3 is 47.6 Å². The number of nitrogens with two attached hydrogens (primary N) is 5. The van der Waals surface area contributed by atoms with Crippen molar-refractivity contribution in [1.82, 2.24) is 0 Å². The summed E-state index contributed by atoms with van der Waals surface area (Å²) in [4.78, 5) is 16.6. The number of amidine groups is 3. The van der Waals surface area contributed by atoms with Crippen LogP contribution in [0.5, 0.6) is 23.0 Å². The molecule has 536 valence electrons. The maximum Gasteiger partial charge on any atom is 0.296 e. The van der Waals surface area contributed by atoms with Crippen molar-refractivity contribution in [2.45, 2.75) is 96.8 Å². The van der Waals surface area contributed by atoms with Gasteiger partial charge in [0.25, 0.3) is 40.5 Å². The Morgan fingerprint density at radius 1 is 0.371 bits per heavy atom. The zero-order chi connectivity index (χ0) is 71.5. The molecule has 25 nitrogen and oxygen atoms in total. The molecule has 0 radical (unpaired) electrons. The van der Waals surface area contributed by atoms with Gasteiger partial charge in [0.05, 0.1) is 137 Å². The highest BCUT2D eigenvalue weighted by Gasteiger charge is 2.17. The van der Waals surface area contributed by atoms with E-state index in [1.165, 1.54) is 24.3 Å². The lowest BCUT2D eigenvalue weighted by molar-refractivity contribution is 0.249. The SMILES string of the molecule is C.CC(N)=NCc1ccc(OCCCOS(=O)(=O)c2ccc(C)cc2)c(Br)c1.CC(N)=NCc1ccc(OCCCOS(C)(=O)=O)c(Br)c1.CC(N)=NCc1ccc(OCCCOS(C)(=O)=O)c(Br)c1.NC(N)=NCc1ccc(OCCCOS(=O)(=O)c2ccc(Br)cc2)c(Br)c1. The third kappa shape index (κ3) is 39.0. The van der Waals surface area contributed by atoms with Crippen LogP contribution in [0.25, 0.3) is 0 Å². The number of aliphatic imine (C=N–C) groups is 4. The van der Waals surface area contributed by atoms with Crippen molar-refractivity contribution >= 4 is 144 Å². The Morgan fingerprint density at radius 2 is 0.629 bits per heavy atom. The summed E-state index contributed by atoms with van der Waals surface area (Å²) in [6.45, 7) is 10.7. The van der Waals surface area contributed by atoms with E-state index < -0.39 is 40.5 Å². The van der Waals surface area contributed by atoms with Gasteiger partial charge in [-0.3, -0.25) is 31.7 Å². The van der Waals surface area contributed by atoms with Crippen molar-refractivity contribution in [2.24, 2.45) is 48.6 Å². The van der Waals surface area contributed by atoms with E-state index in [1.54, 1.807) is 51.1 Å². The molecule has 97 heavy (non-hydrogen) atoms. The van der Waals surface area contributed by atoms with E-state index in [2.05, 4.69) is 108 Å². The molecule has 0 atom stereocenters. The molecule has 6 aromatic carbocycles. The summed E-state index contributed by atoms with van der Waals surface area (Å²) in [5.74, 6) is 4.33. The summed E-state index contributed by atoms with van der Waals surface area (Å²) in [7, 11) is -14.3. The molecule has 10 N–H and O–H groups in total. The van der Waals surface area contributed by atoms with E-state index in [1.807, 2.05) is 73.7 Å². The molecule has 0 spiro atoms. The zero-order valence-corrected chi connectivity index (χ0v) is 64.8. The van der Waals surface area contributed by atoms with E-state index >= 15 is 0 Å². The van der Waals surface area contributed by atoms with Crippen LogP contribution < -0.4 is 47.6 Å². The first kappa shape index (κ1) is 87.3. The lowest BCUT2D eigenvalue weighted by atomic mass is 10.2. The second-order valence-electron chi connectivity index (χ2n) is 20.4. The topological polar surface area (TPSA) is 390 Å². The van der Waals surface area contributed by atoms with Crippen LogP contribution in [0.4, 0.5) is 0 Å². The fraction of sp³-hybridized carbons (Fsp3) is 0.365. The molecular weight excluding hydrogens is 1670 g/mol. The highest BCUT2D eigenvalue weighted by molar-refractivity contribution is 9.11. The first-order valence-electron chi connectivity index (χ1n) is 28.9. The average molecular weight is 1750 g/mol. The first-order valence-corrected chi connectivity index (χ1v) is 39.3. The van der Waals surface area contributed by atoms with Crippen LogP contribution in [-0.2, 0) is 83.4 Å². The van der Waals surface area contributed by atoms with Gasteiger partial charge in [0.1, 0.15) is 23.0 Å². The van der Waals surface area contributed by atoms with Gasteiger partial charge in [-0.25, -0.2) is 4.99 Å². The van der Waals surface area contributed by atoms with Gasteiger partial charge in [0.2, 0.25) is 0 Å². The summed E-state index contributed by atoms with van der Waals surface area (Å²) in [6, 6.07) is 35.3. The van der Waals surface area contributed by atoms with E-state index in [0.29, 0.717) is 119 Å². The van der Waals surface area contributed by atoms with Crippen LogP contribution in [0, 0.1) is 6.92 Å². The zero-order valence-electron chi connectivity index (χ0n) is 53.6. The summed E-state index contributed by atoms with van der Waals surface area (Å²) < 4.78 is 137. The highest BCUT2D eigenvalue weighted by Crippen LogP contribution is 2.30. The summed E-state index contributed by atoms with van der Waals surface area (Å²) in [6.07, 6.45) is 3.87. The highest BCUT2D eigenvalue weighted by atomic mass is 79.9. The molecule has 0 fully saturated rings. The third-order valence-electron chi connectivity index (χ3n) is 11.6. The third-order valence-corrected chi connectivity index (χ3v) is 18.5. The van der Waals surface area contributed by atoms with Crippen molar-refractivity contribution < 1.29 is 69.4 Å². The Labute approximate surface area is 612 Å². The predicted octanol–water partition coefficient (Wildman–Crippen LogP) is 11.7. The Morgan fingerprint density at radius 3 is 0.876 bits per heavy atom. The molecule has 0 aliphatic carbocycles. The van der Waals surface area contributed by atoms with Gasteiger partial charge in [-0.05, 0) is 199 Å². The largest absolute Gasteiger partial charge is 0.492 e. The number of nitrogens with zero attached hydrogens (tertiary/aromatic N) is 4. The molecule has 0 saturated carbocycles. The number of rotatable bonds is 34. The summed E-state index contributed by atoms with van der Waals surface area (Å²) >= 11 is 17.0. The summed E-state index contributed by atoms with van der Waals surface area (Å²) in [5.41, 5.74) is 32.1. The molecule has 0 heterocycles. The lowest BCUT2D eigenvalue weighted by Gasteiger charge is -2.10. The molecule has 34 heteroatoms. The van der Waals surface area contributed by atoms with E-state index in [-0.39, 0.29) is 49.6 Å². The molecular formula is C63H84Br5N9O16S4. The standard InChI is InChI=1S/C19H23BrN2O4S.C17H19Br2N3O4S.2C13H19BrN2O4S.CH4/c1-14-4-7-17(8-5-14)27(23,24)26-11-3-10-25-19-9-6-16(12-18(19)20)13-22-15(2)21;18-13-3-5-14(6-4-13)27(23,24)26-9-1-8-25-16-7-2-12(10-15(16)19)11-22-17(20)21;2*1-10(15)16-9-11-4-5-13(12(14)8-11)19-6-3-7-20-21(2,17)18;/h4-9,12H,3,10-11,13H2,1-2H3,(H2,21,22);2-7,10H,1,8-9,11H2,(H4,20,21,22);2*4-5,8H,3,6-7,9H2,1-2H3,(H2,15,16);1H4. The minimum atomic E-state index is -3.77. The minimum absolute atomic E-state index is 0. The Kier molecular flexibility index (Phi) is 40.6. The second kappa shape index (κ2) is 45.1. The van der Waals surface area contributed by atoms with Gasteiger partial charge in [-0.2, -0.15) is 33.7 Å². The van der Waals surface area contributed by atoms with Crippen molar-refractivity contribution in [3.05, 3.63) is 172 Å². The van der Waals surface area contributed by atoms with E-state index in [0.717, 1.165) is 62.7 Å². The van der Waals surface area contributed by atoms with Crippen LogP contribution in [0.1, 0.15) is 81.7 Å². The van der Waals surface area contributed by atoms with E-state index in [9.17, 15) is 33.7 Å². The molecule has 6 aromatic rings. The number of ether oxygens (including phenoxy) is 4. The normalized spacial score (nSPS) is 11.9. The lowest BCUT2D eigenvalue weighted by Crippen LogP contribution is -2.22. The number of benzene rings is 6. The van der Waals surface area contributed by atoms with Crippen LogP contribution in [0.2, 0.25) is 0 Å². The molecule has 0 aliphatic heterocycles. The van der Waals surface area contributed by atoms with Crippen LogP contribution >= 0.6 is 79.6 Å². The van der Waals surface area contributed by atoms with Crippen LogP contribution in [0.3, 0.4) is 0 Å². The Balaban J connectivity index is 0.000000442. The molecule has 6 rings (SSSR count). The average Bonchev–Trinajstić information content (AvgIpc) is 0.949. The van der Waals surface area contributed by atoms with Gasteiger partial charge >= 0.3 is 0 Å². The predicted molar refractivity (Wildman–Crippen MR) is 399 cm³/mol. The fourth-order valence-electron chi connectivity index (χ4n) is 7.03. The fourth-order valence-corrected chi connectivity index (χ4v) is 12.2. The van der Waals surface area contributed by atoms with E-state index in [4.69, 9.17) is 56.0 Å². The molecule has 0 saturated heterocycles. The van der Waals surface area contributed by atoms with Gasteiger partial charge in [0, 0.05) is 30.2 Å². The number of guanidine groups is 1. The number of halogens is 5. The van der Waals surface area contributed by atoms with Crippen molar-refractivity contribution in [3.8, 4) is 23.0 Å². The number of hydrogen-bond donors (Lipinski definition) is 5. The number of hydrogen-bond acceptors (Lipinski definition) is 20. The van der Waals surface area contributed by atoms with Crippen molar-refractivity contribution in [3.63, 3.8) is 0 Å². The molecule has 0 bridgehead atoms. The number of aryl methyl sites for hydroxylation is 1. The molecule has 0 aromatic heterocycles. The van der Waals surface area contributed by atoms with Gasteiger partial charge in [0.15, 0.2) is 5.96 Å². The molecule has 0 unspecified atom stereocenters. The maximum absolute atomic E-state index is 12.1. The van der Waals surface area contributed by atoms with Crippen molar-refractivity contribution in [1.29, 1.82) is 0 Å². The van der Waals surface area contributed by atoms with Crippen LogP contribution in [0.15, 0.2) is 173 Å². The molecule has 0 amide bonds. The maximum atomic E-state index is 12.1. The monoisotopic (exact) mass is 1750 g/mol. The van der Waals surface area contributed by atoms with Gasteiger partial charge in [-0.1, -0.05) is 65.3 Å². The van der Waals surface area contributed by atoms with Crippen LogP contribution in [-0.4, -0.2) is 123 Å². The van der Waals surface area contributed by atoms with Gasteiger partial charge in [-0.15, -0.1) is 0 Å². The molecule has 0 aliphatic rings. The Bertz CT molecular complexity index is 3750. The first-order chi connectivity index (χ1) is 45.1.